The maximum Gasteiger partial charge on any atom is 0.330 e. The van der Waals surface area contributed by atoms with E-state index in [0.29, 0.717) is 32.2 Å². The summed E-state index contributed by atoms with van der Waals surface area (Å²) in [5.74, 6) is -1.42. The highest BCUT2D eigenvalue weighted by molar-refractivity contribution is 5.90. The molecule has 0 aromatic heterocycles. The van der Waals surface area contributed by atoms with Gasteiger partial charge in [-0.15, -0.1) is 0 Å². The van der Waals surface area contributed by atoms with E-state index in [1.807, 2.05) is 0 Å². The summed E-state index contributed by atoms with van der Waals surface area (Å²) in [7, 11) is 0. The molecule has 128 valence electrons. The third-order valence-corrected chi connectivity index (χ3v) is 3.14. The molecule has 8 nitrogen and oxygen atoms in total. The fourth-order valence-electron chi connectivity index (χ4n) is 1.78. The number of carbonyl (C=O) groups excluding carboxylic acids is 2. The molecule has 0 heterocycles. The molecule has 0 aliphatic heterocycles. The van der Waals surface area contributed by atoms with E-state index in [2.05, 4.69) is 11.9 Å². The first-order chi connectivity index (χ1) is 10.4. The van der Waals surface area contributed by atoms with Gasteiger partial charge in [0.05, 0.1) is 0 Å². The van der Waals surface area contributed by atoms with Crippen LogP contribution < -0.4 is 22.9 Å². The highest BCUT2D eigenvalue weighted by Gasteiger charge is 2.22. The maximum atomic E-state index is 11.7. The normalized spacial score (nSPS) is 13.2. The Bertz CT molecular complexity index is 369. The van der Waals surface area contributed by atoms with Gasteiger partial charge in [-0.1, -0.05) is 26.2 Å². The number of rotatable bonds is 11. The van der Waals surface area contributed by atoms with Crippen LogP contribution in [0.15, 0.2) is 4.99 Å². The molecule has 0 aliphatic rings. The third-order valence-electron chi connectivity index (χ3n) is 3.14. The largest absolute Gasteiger partial charge is 0.391 e. The summed E-state index contributed by atoms with van der Waals surface area (Å²) in [5, 5.41) is 0. The molecular weight excluding hydrogens is 286 g/mol. The van der Waals surface area contributed by atoms with Gasteiger partial charge in [0.15, 0.2) is 5.96 Å². The highest BCUT2D eigenvalue weighted by Crippen LogP contribution is 2.05. The molecule has 0 aromatic carbocycles. The summed E-state index contributed by atoms with van der Waals surface area (Å²) in [4.78, 5) is 27.1. The van der Waals surface area contributed by atoms with Gasteiger partial charge in [-0.2, -0.15) is 0 Å². The number of unbranched alkanes of at least 4 members (excludes halogenated alkanes) is 3. The number of hydrogen-bond acceptors (Lipinski definition) is 6. The van der Waals surface area contributed by atoms with Gasteiger partial charge in [-0.05, 0) is 25.7 Å². The van der Waals surface area contributed by atoms with Gasteiger partial charge in [-0.25, -0.2) is 9.59 Å². The van der Waals surface area contributed by atoms with Crippen LogP contribution in [0.4, 0.5) is 0 Å². The average Bonchev–Trinajstić information content (AvgIpc) is 2.46. The Balaban J connectivity index is 3.93. The van der Waals surface area contributed by atoms with Crippen LogP contribution in [0.3, 0.4) is 0 Å². The summed E-state index contributed by atoms with van der Waals surface area (Å²) in [5.41, 5.74) is 21.7. The molecule has 0 fully saturated rings. The summed E-state index contributed by atoms with van der Waals surface area (Å²) < 4.78 is 4.70. The minimum Gasteiger partial charge on any atom is -0.391 e. The zero-order valence-corrected chi connectivity index (χ0v) is 13.3. The van der Waals surface area contributed by atoms with E-state index >= 15 is 0 Å². The van der Waals surface area contributed by atoms with E-state index in [-0.39, 0.29) is 5.96 Å². The predicted octanol–water partition coefficient (Wildman–Crippen LogP) is -0.265. The van der Waals surface area contributed by atoms with Crippen molar-refractivity contribution in [3.63, 3.8) is 0 Å². The Kier molecular flexibility index (Phi) is 11.0. The SMILES string of the molecule is CCCCC[C@H](N)C(=O)OC(=O)C(N)CCCCN=C(N)N. The van der Waals surface area contributed by atoms with Crippen molar-refractivity contribution in [3.8, 4) is 0 Å². The zero-order valence-electron chi connectivity index (χ0n) is 13.3. The van der Waals surface area contributed by atoms with Crippen molar-refractivity contribution in [2.24, 2.45) is 27.9 Å². The Labute approximate surface area is 131 Å². The van der Waals surface area contributed by atoms with Crippen molar-refractivity contribution < 1.29 is 14.3 Å². The van der Waals surface area contributed by atoms with Gasteiger partial charge in [0.1, 0.15) is 12.1 Å². The summed E-state index contributed by atoms with van der Waals surface area (Å²) in [6.07, 6.45) is 5.12. The first-order valence-corrected chi connectivity index (χ1v) is 7.70. The van der Waals surface area contributed by atoms with Crippen molar-refractivity contribution in [2.75, 3.05) is 6.54 Å². The van der Waals surface area contributed by atoms with Crippen molar-refractivity contribution in [1.29, 1.82) is 0 Å². The number of hydrogen-bond donors (Lipinski definition) is 4. The number of nitrogens with two attached hydrogens (primary N) is 4. The first kappa shape index (κ1) is 20.3. The Hall–Kier alpha value is -1.67. The van der Waals surface area contributed by atoms with E-state index in [4.69, 9.17) is 27.7 Å². The Morgan fingerprint density at radius 2 is 1.45 bits per heavy atom. The van der Waals surface area contributed by atoms with Gasteiger partial charge in [0, 0.05) is 6.54 Å². The van der Waals surface area contributed by atoms with Crippen molar-refractivity contribution in [1.82, 2.24) is 0 Å². The molecular formula is C14H29N5O3. The Morgan fingerprint density at radius 3 is 1.91 bits per heavy atom. The third kappa shape index (κ3) is 10.1. The molecule has 0 saturated heterocycles. The van der Waals surface area contributed by atoms with E-state index < -0.39 is 24.0 Å². The fourth-order valence-corrected chi connectivity index (χ4v) is 1.78. The van der Waals surface area contributed by atoms with Crippen LogP contribution in [0, 0.1) is 0 Å². The molecule has 0 radical (unpaired) electrons. The number of esters is 2. The number of guanidine groups is 1. The lowest BCUT2D eigenvalue weighted by Crippen LogP contribution is -2.39. The number of ether oxygens (including phenoxy) is 1. The predicted molar refractivity (Wildman–Crippen MR) is 85.7 cm³/mol. The van der Waals surface area contributed by atoms with E-state index in [1.165, 1.54) is 0 Å². The van der Waals surface area contributed by atoms with Crippen LogP contribution in [0.5, 0.6) is 0 Å². The summed E-state index contributed by atoms with van der Waals surface area (Å²) in [6, 6.07) is -1.62. The first-order valence-electron chi connectivity index (χ1n) is 7.70. The van der Waals surface area contributed by atoms with E-state index in [1.54, 1.807) is 0 Å². The molecule has 2 atom stereocenters. The van der Waals surface area contributed by atoms with Gasteiger partial charge in [0.2, 0.25) is 0 Å². The molecule has 0 aliphatic carbocycles. The molecule has 8 N–H and O–H groups in total. The maximum absolute atomic E-state index is 11.7. The quantitative estimate of drug-likeness (QED) is 0.134. The summed E-state index contributed by atoms with van der Waals surface area (Å²) in [6.45, 7) is 2.53. The van der Waals surface area contributed by atoms with Gasteiger partial charge in [0.25, 0.3) is 0 Å². The van der Waals surface area contributed by atoms with Crippen LogP contribution in [0.25, 0.3) is 0 Å². The van der Waals surface area contributed by atoms with Gasteiger partial charge >= 0.3 is 11.9 Å². The molecule has 0 saturated carbocycles. The van der Waals surface area contributed by atoms with Crippen molar-refractivity contribution in [3.05, 3.63) is 0 Å². The number of carbonyl (C=O) groups is 2. The minimum absolute atomic E-state index is 0.0337. The second kappa shape index (κ2) is 11.9. The van der Waals surface area contributed by atoms with Crippen molar-refractivity contribution in [2.45, 2.75) is 64.0 Å². The van der Waals surface area contributed by atoms with Crippen LogP contribution in [0.2, 0.25) is 0 Å². The molecule has 8 heteroatoms. The van der Waals surface area contributed by atoms with Gasteiger partial charge in [-0.3, -0.25) is 4.99 Å². The molecule has 0 amide bonds. The van der Waals surface area contributed by atoms with Crippen LogP contribution in [-0.4, -0.2) is 36.5 Å². The molecule has 1 unspecified atom stereocenters. The molecule has 22 heavy (non-hydrogen) atoms. The second-order valence-electron chi connectivity index (χ2n) is 5.25. The number of aliphatic imine (C=N–C) groups is 1. The lowest BCUT2D eigenvalue weighted by atomic mass is 10.1. The second-order valence-corrected chi connectivity index (χ2v) is 5.25. The fraction of sp³-hybridized carbons (Fsp3) is 0.786. The minimum atomic E-state index is -0.842. The molecule has 0 rings (SSSR count). The Morgan fingerprint density at radius 1 is 0.955 bits per heavy atom. The number of nitrogens with zero attached hydrogens (tertiary/aromatic N) is 1. The average molecular weight is 315 g/mol. The molecule has 0 spiro atoms. The molecule has 0 bridgehead atoms. The van der Waals surface area contributed by atoms with Crippen LogP contribution in [0.1, 0.15) is 51.9 Å². The van der Waals surface area contributed by atoms with Gasteiger partial charge < -0.3 is 27.7 Å². The lowest BCUT2D eigenvalue weighted by molar-refractivity contribution is -0.161. The summed E-state index contributed by atoms with van der Waals surface area (Å²) >= 11 is 0. The topological polar surface area (TPSA) is 160 Å². The van der Waals surface area contributed by atoms with Crippen molar-refractivity contribution >= 4 is 17.9 Å². The van der Waals surface area contributed by atoms with E-state index in [0.717, 1.165) is 19.3 Å². The zero-order chi connectivity index (χ0) is 17.0. The monoisotopic (exact) mass is 315 g/mol. The van der Waals surface area contributed by atoms with E-state index in [9.17, 15) is 9.59 Å². The lowest BCUT2D eigenvalue weighted by Gasteiger charge is -2.13. The van der Waals surface area contributed by atoms with Crippen LogP contribution >= 0.6 is 0 Å². The molecule has 0 aromatic rings. The smallest absolute Gasteiger partial charge is 0.330 e. The standard InChI is InChI=1S/C14H29N5O3/c1-2-3-4-7-10(15)12(20)22-13(21)11(16)8-5-6-9-19-14(17)18/h10-11H,2-9,15-16H2,1H3,(H4,17,18,19)/t10-,11?/m0/s1. The highest BCUT2D eigenvalue weighted by atomic mass is 16.6. The van der Waals surface area contributed by atoms with Crippen LogP contribution in [-0.2, 0) is 14.3 Å².